The zero-order valence-electron chi connectivity index (χ0n) is 13.4. The van der Waals surface area contributed by atoms with E-state index < -0.39 is 0 Å². The van der Waals surface area contributed by atoms with Gasteiger partial charge in [0.25, 0.3) is 5.91 Å². The van der Waals surface area contributed by atoms with E-state index in [0.29, 0.717) is 10.7 Å². The summed E-state index contributed by atoms with van der Waals surface area (Å²) >= 11 is 3.08. The van der Waals surface area contributed by atoms with Crippen molar-refractivity contribution in [1.29, 1.82) is 0 Å². The van der Waals surface area contributed by atoms with Gasteiger partial charge >= 0.3 is 0 Å². The maximum Gasteiger partial charge on any atom is 0.257 e. The summed E-state index contributed by atoms with van der Waals surface area (Å²) in [5, 5.41) is 4.46. The average Bonchev–Trinajstić information content (AvgIpc) is 2.96. The van der Waals surface area contributed by atoms with Crippen molar-refractivity contribution in [1.82, 2.24) is 9.97 Å². The Kier molecular flexibility index (Phi) is 5.27. The van der Waals surface area contributed by atoms with Crippen LogP contribution in [0.5, 0.6) is 0 Å². The normalized spacial score (nSPS) is 10.6. The van der Waals surface area contributed by atoms with Crippen LogP contribution in [0.3, 0.4) is 0 Å². The van der Waals surface area contributed by atoms with Crippen LogP contribution in [-0.4, -0.2) is 15.9 Å². The summed E-state index contributed by atoms with van der Waals surface area (Å²) in [6.07, 6.45) is 2.64. The zero-order valence-corrected chi connectivity index (χ0v) is 15.1. The summed E-state index contributed by atoms with van der Waals surface area (Å²) in [5.41, 5.74) is 1.66. The van der Waals surface area contributed by atoms with Crippen molar-refractivity contribution in [3.63, 3.8) is 0 Å². The molecule has 0 unspecified atom stereocenters. The fraction of sp³-hybridized carbons (Fsp3) is 0.167. The van der Waals surface area contributed by atoms with Gasteiger partial charge in [-0.3, -0.25) is 10.1 Å². The number of anilines is 1. The Labute approximate surface area is 149 Å². The Morgan fingerprint density at radius 1 is 1.21 bits per heavy atom. The van der Waals surface area contributed by atoms with E-state index >= 15 is 0 Å². The van der Waals surface area contributed by atoms with Crippen molar-refractivity contribution in [3.8, 4) is 0 Å². The molecule has 0 saturated carbocycles. The van der Waals surface area contributed by atoms with Gasteiger partial charge in [0, 0.05) is 21.5 Å². The molecule has 0 atom stereocenters. The van der Waals surface area contributed by atoms with E-state index in [2.05, 4.69) is 22.2 Å². The molecule has 0 radical (unpaired) electrons. The van der Waals surface area contributed by atoms with Gasteiger partial charge in [-0.15, -0.1) is 11.3 Å². The van der Waals surface area contributed by atoms with Crippen LogP contribution in [0.2, 0.25) is 0 Å². The molecule has 24 heavy (non-hydrogen) atoms. The SMILES string of the molecule is CCc1nc(NC(=O)c2ccc(Sc3ccccn3)cc2)sc1C. The number of carbonyl (C=O) groups excluding carboxylic acids is 1. The molecule has 1 amide bonds. The van der Waals surface area contributed by atoms with E-state index in [1.54, 1.807) is 18.0 Å². The van der Waals surface area contributed by atoms with Crippen molar-refractivity contribution in [2.75, 3.05) is 5.32 Å². The molecule has 2 aromatic heterocycles. The number of rotatable bonds is 5. The first kappa shape index (κ1) is 16.7. The van der Waals surface area contributed by atoms with Gasteiger partial charge in [-0.25, -0.2) is 9.97 Å². The smallest absolute Gasteiger partial charge is 0.257 e. The molecule has 6 heteroatoms. The minimum Gasteiger partial charge on any atom is -0.298 e. The van der Waals surface area contributed by atoms with E-state index in [1.165, 1.54) is 11.3 Å². The molecule has 1 N–H and O–H groups in total. The number of hydrogen-bond acceptors (Lipinski definition) is 5. The van der Waals surface area contributed by atoms with Gasteiger partial charge in [-0.05, 0) is 49.7 Å². The highest BCUT2D eigenvalue weighted by Crippen LogP contribution is 2.26. The number of aryl methyl sites for hydroxylation is 2. The number of nitrogens with one attached hydrogen (secondary N) is 1. The first-order valence-electron chi connectivity index (χ1n) is 7.62. The summed E-state index contributed by atoms with van der Waals surface area (Å²) in [6, 6.07) is 13.3. The summed E-state index contributed by atoms with van der Waals surface area (Å²) in [4.78, 5) is 23.2. The van der Waals surface area contributed by atoms with Gasteiger partial charge in [-0.1, -0.05) is 24.8 Å². The minimum absolute atomic E-state index is 0.138. The van der Waals surface area contributed by atoms with Gasteiger partial charge in [0.15, 0.2) is 5.13 Å². The van der Waals surface area contributed by atoms with Crippen LogP contribution in [0.25, 0.3) is 0 Å². The highest BCUT2D eigenvalue weighted by Gasteiger charge is 2.11. The van der Waals surface area contributed by atoms with E-state index in [1.807, 2.05) is 49.4 Å². The average molecular weight is 355 g/mol. The van der Waals surface area contributed by atoms with Crippen molar-refractivity contribution in [2.45, 2.75) is 30.2 Å². The van der Waals surface area contributed by atoms with Crippen molar-refractivity contribution in [2.24, 2.45) is 0 Å². The standard InChI is InChI=1S/C18H17N3OS2/c1-3-15-12(2)23-18(20-15)21-17(22)13-7-9-14(10-8-13)24-16-6-4-5-11-19-16/h4-11H,3H2,1-2H3,(H,20,21,22). The van der Waals surface area contributed by atoms with Crippen LogP contribution in [-0.2, 0) is 6.42 Å². The van der Waals surface area contributed by atoms with Gasteiger partial charge in [0.2, 0.25) is 0 Å². The topological polar surface area (TPSA) is 54.9 Å². The third-order valence-electron chi connectivity index (χ3n) is 3.42. The second-order valence-corrected chi connectivity index (χ2v) is 7.42. The molecule has 0 spiro atoms. The molecule has 0 aliphatic rings. The molecule has 0 fully saturated rings. The van der Waals surface area contributed by atoms with Crippen LogP contribution >= 0.6 is 23.1 Å². The van der Waals surface area contributed by atoms with Crippen molar-refractivity contribution < 1.29 is 4.79 Å². The van der Waals surface area contributed by atoms with E-state index in [0.717, 1.165) is 26.9 Å². The summed E-state index contributed by atoms with van der Waals surface area (Å²) in [7, 11) is 0. The summed E-state index contributed by atoms with van der Waals surface area (Å²) in [5.74, 6) is -0.138. The molecule has 1 aromatic carbocycles. The van der Waals surface area contributed by atoms with Crippen LogP contribution in [0, 0.1) is 6.92 Å². The van der Waals surface area contributed by atoms with Gasteiger partial charge in [0.1, 0.15) is 5.03 Å². The van der Waals surface area contributed by atoms with E-state index in [-0.39, 0.29) is 5.91 Å². The van der Waals surface area contributed by atoms with E-state index in [9.17, 15) is 4.79 Å². The Bertz CT molecular complexity index is 829. The third kappa shape index (κ3) is 4.01. The van der Waals surface area contributed by atoms with Crippen LogP contribution in [0.4, 0.5) is 5.13 Å². The fourth-order valence-electron chi connectivity index (χ4n) is 2.18. The number of benzene rings is 1. The molecule has 0 saturated heterocycles. The molecule has 3 aromatic rings. The molecule has 122 valence electrons. The largest absolute Gasteiger partial charge is 0.298 e. The minimum atomic E-state index is -0.138. The highest BCUT2D eigenvalue weighted by molar-refractivity contribution is 7.99. The molecule has 0 aliphatic heterocycles. The molecular formula is C18H17N3OS2. The van der Waals surface area contributed by atoms with Crippen LogP contribution < -0.4 is 5.32 Å². The lowest BCUT2D eigenvalue weighted by Crippen LogP contribution is -2.11. The maximum atomic E-state index is 12.3. The zero-order chi connectivity index (χ0) is 16.9. The van der Waals surface area contributed by atoms with E-state index in [4.69, 9.17) is 0 Å². The molecular weight excluding hydrogens is 338 g/mol. The summed E-state index contributed by atoms with van der Waals surface area (Å²) in [6.45, 7) is 4.08. The first-order chi connectivity index (χ1) is 11.7. The van der Waals surface area contributed by atoms with Crippen LogP contribution in [0.1, 0.15) is 27.9 Å². The third-order valence-corrected chi connectivity index (χ3v) is 5.31. The molecule has 0 aliphatic carbocycles. The second-order valence-electron chi connectivity index (χ2n) is 5.12. The lowest BCUT2D eigenvalue weighted by atomic mass is 10.2. The number of pyridine rings is 1. The highest BCUT2D eigenvalue weighted by atomic mass is 32.2. The predicted molar refractivity (Wildman–Crippen MR) is 99.0 cm³/mol. The molecule has 3 rings (SSSR count). The van der Waals surface area contributed by atoms with Gasteiger partial charge in [-0.2, -0.15) is 0 Å². The molecule has 2 heterocycles. The number of aromatic nitrogens is 2. The number of thiazole rings is 1. The Morgan fingerprint density at radius 2 is 2.00 bits per heavy atom. The lowest BCUT2D eigenvalue weighted by Gasteiger charge is -2.04. The number of hydrogen-bond donors (Lipinski definition) is 1. The number of carbonyl (C=O) groups is 1. The second kappa shape index (κ2) is 7.59. The summed E-state index contributed by atoms with van der Waals surface area (Å²) < 4.78 is 0. The fourth-order valence-corrected chi connectivity index (χ4v) is 3.85. The molecule has 4 nitrogen and oxygen atoms in total. The van der Waals surface area contributed by atoms with Crippen LogP contribution in [0.15, 0.2) is 58.6 Å². The molecule has 0 bridgehead atoms. The predicted octanol–water partition coefficient (Wildman–Crippen LogP) is 4.81. The quantitative estimate of drug-likeness (QED) is 0.713. The van der Waals surface area contributed by atoms with Gasteiger partial charge < -0.3 is 0 Å². The number of nitrogens with zero attached hydrogens (tertiary/aromatic N) is 2. The Morgan fingerprint density at radius 3 is 2.62 bits per heavy atom. The first-order valence-corrected chi connectivity index (χ1v) is 9.25. The number of amides is 1. The van der Waals surface area contributed by atoms with Crippen molar-refractivity contribution in [3.05, 3.63) is 64.8 Å². The Balaban J connectivity index is 1.67. The maximum absolute atomic E-state index is 12.3. The monoisotopic (exact) mass is 355 g/mol. The van der Waals surface area contributed by atoms with Crippen molar-refractivity contribution >= 4 is 34.1 Å². The lowest BCUT2D eigenvalue weighted by molar-refractivity contribution is 0.102. The Hall–Kier alpha value is -2.18. The van der Waals surface area contributed by atoms with Gasteiger partial charge in [0.05, 0.1) is 5.69 Å².